The second kappa shape index (κ2) is 6.94. The predicted octanol–water partition coefficient (Wildman–Crippen LogP) is 0.806. The van der Waals surface area contributed by atoms with Crippen molar-refractivity contribution in [2.24, 2.45) is 13.0 Å². The molecule has 1 aromatic carbocycles. The summed E-state index contributed by atoms with van der Waals surface area (Å²) in [5, 5.41) is 16.8. The molecule has 2 N–H and O–H groups in total. The number of amides is 2. The second-order valence-corrected chi connectivity index (χ2v) is 7.41. The standard InChI is InChI=1S/C20H24N4O4/c1-11(25)20(27)24-9-7-13-17(18(13)24)22-19(26)12-4-5-16(28-3)14(10-12)15-6-8-21-23(15)2/h4-6,8,10-11,13,17-18,25H,7,9H2,1-3H3,(H,22,26)/t11?,13-,17-,18-/m1/s1. The Bertz CT molecular complexity index is 923. The maximum absolute atomic E-state index is 12.8. The number of rotatable bonds is 5. The van der Waals surface area contributed by atoms with Crippen molar-refractivity contribution in [2.45, 2.75) is 31.5 Å². The first-order chi connectivity index (χ1) is 13.4. The minimum absolute atomic E-state index is 0.0131. The molecule has 28 heavy (non-hydrogen) atoms. The number of nitrogens with one attached hydrogen (secondary N) is 1. The fourth-order valence-electron chi connectivity index (χ4n) is 4.18. The quantitative estimate of drug-likeness (QED) is 0.795. The minimum Gasteiger partial charge on any atom is -0.496 e. The van der Waals surface area contributed by atoms with E-state index in [0.29, 0.717) is 17.9 Å². The van der Waals surface area contributed by atoms with Crippen LogP contribution in [-0.4, -0.2) is 63.4 Å². The van der Waals surface area contributed by atoms with E-state index in [9.17, 15) is 14.7 Å². The van der Waals surface area contributed by atoms with Gasteiger partial charge in [0, 0.05) is 36.8 Å². The molecule has 4 rings (SSSR count). The Morgan fingerprint density at radius 3 is 2.79 bits per heavy atom. The van der Waals surface area contributed by atoms with Gasteiger partial charge in [-0.3, -0.25) is 14.3 Å². The SMILES string of the molecule is COc1ccc(C(=O)N[C@@H]2[C@H]3CCN(C(=O)C(C)O)[C@H]32)cc1-c1ccnn1C. The number of carbonyl (C=O) groups is 2. The molecule has 1 aliphatic heterocycles. The lowest BCUT2D eigenvalue weighted by atomic mass is 10.1. The molecule has 1 unspecified atom stereocenters. The molecule has 4 atom stereocenters. The first-order valence-corrected chi connectivity index (χ1v) is 9.38. The molecule has 0 radical (unpaired) electrons. The molecular formula is C20H24N4O4. The number of hydrogen-bond donors (Lipinski definition) is 2. The van der Waals surface area contributed by atoms with Gasteiger partial charge in [-0.2, -0.15) is 5.10 Å². The van der Waals surface area contributed by atoms with E-state index in [1.807, 2.05) is 13.1 Å². The fourth-order valence-corrected chi connectivity index (χ4v) is 4.18. The predicted molar refractivity (Wildman–Crippen MR) is 102 cm³/mol. The largest absolute Gasteiger partial charge is 0.496 e. The molecule has 1 aliphatic carbocycles. The topological polar surface area (TPSA) is 96.7 Å². The number of piperidine rings is 1. The van der Waals surface area contributed by atoms with Crippen molar-refractivity contribution in [2.75, 3.05) is 13.7 Å². The van der Waals surface area contributed by atoms with Crippen LogP contribution in [0.4, 0.5) is 0 Å². The van der Waals surface area contributed by atoms with Crippen molar-refractivity contribution in [3.8, 4) is 17.0 Å². The van der Waals surface area contributed by atoms with Crippen LogP contribution in [-0.2, 0) is 11.8 Å². The average Bonchev–Trinajstić information content (AvgIpc) is 3.00. The number of carbonyl (C=O) groups excluding carboxylic acids is 2. The van der Waals surface area contributed by atoms with Crippen LogP contribution in [0.2, 0.25) is 0 Å². The van der Waals surface area contributed by atoms with Gasteiger partial charge in [0.25, 0.3) is 11.8 Å². The Hall–Kier alpha value is -2.87. The number of aromatic nitrogens is 2. The van der Waals surface area contributed by atoms with Gasteiger partial charge in [-0.25, -0.2) is 0 Å². The number of aliphatic hydroxyl groups is 1. The lowest BCUT2D eigenvalue weighted by Gasteiger charge is -2.22. The third-order valence-electron chi connectivity index (χ3n) is 5.69. The molecular weight excluding hydrogens is 360 g/mol. The Labute approximate surface area is 163 Å². The highest BCUT2D eigenvalue weighted by atomic mass is 16.5. The normalized spacial score (nSPS) is 23.9. The molecule has 0 spiro atoms. The molecule has 148 valence electrons. The fraction of sp³-hybridized carbons (Fsp3) is 0.450. The van der Waals surface area contributed by atoms with Gasteiger partial charge in [0.2, 0.25) is 0 Å². The third kappa shape index (κ3) is 3.03. The van der Waals surface area contributed by atoms with E-state index in [2.05, 4.69) is 10.4 Å². The summed E-state index contributed by atoms with van der Waals surface area (Å²) >= 11 is 0. The van der Waals surface area contributed by atoms with Crippen molar-refractivity contribution >= 4 is 11.8 Å². The molecule has 2 heterocycles. The van der Waals surface area contributed by atoms with Crippen molar-refractivity contribution < 1.29 is 19.4 Å². The smallest absolute Gasteiger partial charge is 0.251 e. The van der Waals surface area contributed by atoms with E-state index in [0.717, 1.165) is 17.7 Å². The molecule has 0 bridgehead atoms. The van der Waals surface area contributed by atoms with Gasteiger partial charge in [-0.1, -0.05) is 0 Å². The van der Waals surface area contributed by atoms with Gasteiger partial charge in [0.05, 0.1) is 24.9 Å². The van der Waals surface area contributed by atoms with E-state index >= 15 is 0 Å². The van der Waals surface area contributed by atoms with Crippen LogP contribution >= 0.6 is 0 Å². The number of ether oxygens (including phenoxy) is 1. The van der Waals surface area contributed by atoms with E-state index < -0.39 is 6.10 Å². The van der Waals surface area contributed by atoms with Crippen molar-refractivity contribution in [1.29, 1.82) is 0 Å². The zero-order valence-corrected chi connectivity index (χ0v) is 16.1. The monoisotopic (exact) mass is 384 g/mol. The van der Waals surface area contributed by atoms with Crippen LogP contribution < -0.4 is 10.1 Å². The summed E-state index contributed by atoms with van der Waals surface area (Å²) in [6, 6.07) is 7.08. The summed E-state index contributed by atoms with van der Waals surface area (Å²) in [6.07, 6.45) is 1.52. The number of nitrogens with zero attached hydrogens (tertiary/aromatic N) is 3. The summed E-state index contributed by atoms with van der Waals surface area (Å²) in [6.45, 7) is 2.11. The van der Waals surface area contributed by atoms with Crippen LogP contribution in [0.1, 0.15) is 23.7 Å². The Balaban J connectivity index is 1.51. The molecule has 1 saturated heterocycles. The maximum Gasteiger partial charge on any atom is 0.251 e. The summed E-state index contributed by atoms with van der Waals surface area (Å²) in [4.78, 5) is 26.6. The van der Waals surface area contributed by atoms with Gasteiger partial charge in [-0.15, -0.1) is 0 Å². The van der Waals surface area contributed by atoms with Gasteiger partial charge in [-0.05, 0) is 37.6 Å². The molecule has 2 aromatic rings. The maximum atomic E-state index is 12.8. The van der Waals surface area contributed by atoms with E-state index in [-0.39, 0.29) is 29.8 Å². The first kappa shape index (κ1) is 18.5. The third-order valence-corrected chi connectivity index (χ3v) is 5.69. The molecule has 8 heteroatoms. The zero-order chi connectivity index (χ0) is 20.0. The highest BCUT2D eigenvalue weighted by molar-refractivity contribution is 5.96. The van der Waals surface area contributed by atoms with Crippen molar-refractivity contribution in [3.63, 3.8) is 0 Å². The number of aryl methyl sites for hydroxylation is 1. The van der Waals surface area contributed by atoms with Crippen LogP contribution in [0.25, 0.3) is 11.3 Å². The van der Waals surface area contributed by atoms with Crippen LogP contribution in [0, 0.1) is 5.92 Å². The molecule has 2 aliphatic rings. The van der Waals surface area contributed by atoms with Crippen LogP contribution in [0.5, 0.6) is 5.75 Å². The van der Waals surface area contributed by atoms with Gasteiger partial charge < -0.3 is 20.1 Å². The van der Waals surface area contributed by atoms with E-state index in [1.54, 1.807) is 41.1 Å². The zero-order valence-electron chi connectivity index (χ0n) is 16.1. The number of benzene rings is 1. The summed E-state index contributed by atoms with van der Waals surface area (Å²) in [7, 11) is 3.43. The number of methoxy groups -OCH3 is 1. The Morgan fingerprint density at radius 2 is 2.14 bits per heavy atom. The first-order valence-electron chi connectivity index (χ1n) is 9.38. The molecule has 2 fully saturated rings. The van der Waals surface area contributed by atoms with Crippen molar-refractivity contribution in [3.05, 3.63) is 36.0 Å². The van der Waals surface area contributed by atoms with Crippen LogP contribution in [0.3, 0.4) is 0 Å². The Morgan fingerprint density at radius 1 is 1.36 bits per heavy atom. The number of hydrogen-bond acceptors (Lipinski definition) is 5. The lowest BCUT2D eigenvalue weighted by Crippen LogP contribution is -2.42. The van der Waals surface area contributed by atoms with Gasteiger partial charge in [0.15, 0.2) is 0 Å². The molecule has 2 amide bonds. The number of aliphatic hydroxyl groups excluding tert-OH is 1. The second-order valence-electron chi connectivity index (χ2n) is 7.41. The highest BCUT2D eigenvalue weighted by Crippen LogP contribution is 2.45. The summed E-state index contributed by atoms with van der Waals surface area (Å²) in [5.41, 5.74) is 2.16. The highest BCUT2D eigenvalue weighted by Gasteiger charge is 2.59. The summed E-state index contributed by atoms with van der Waals surface area (Å²) < 4.78 is 7.16. The molecule has 1 saturated carbocycles. The number of fused-ring (bicyclic) bond motifs is 1. The minimum atomic E-state index is -1.02. The van der Waals surface area contributed by atoms with E-state index in [4.69, 9.17) is 4.74 Å². The Kier molecular flexibility index (Phi) is 4.58. The van der Waals surface area contributed by atoms with Gasteiger partial charge in [0.1, 0.15) is 11.9 Å². The van der Waals surface area contributed by atoms with Crippen molar-refractivity contribution in [1.82, 2.24) is 20.0 Å². The van der Waals surface area contributed by atoms with Crippen LogP contribution in [0.15, 0.2) is 30.5 Å². The average molecular weight is 384 g/mol. The molecule has 8 nitrogen and oxygen atoms in total. The number of likely N-dealkylation sites (tertiary alicyclic amines) is 1. The molecule has 1 aromatic heterocycles. The van der Waals surface area contributed by atoms with Gasteiger partial charge >= 0.3 is 0 Å². The van der Waals surface area contributed by atoms with E-state index in [1.165, 1.54) is 6.92 Å². The lowest BCUT2D eigenvalue weighted by molar-refractivity contribution is -0.139. The summed E-state index contributed by atoms with van der Waals surface area (Å²) in [5.74, 6) is 0.473.